The van der Waals surface area contributed by atoms with E-state index >= 15 is 0 Å². The van der Waals surface area contributed by atoms with Crippen LogP contribution in [0.4, 0.5) is 8.78 Å². The van der Waals surface area contributed by atoms with Gasteiger partial charge in [-0.3, -0.25) is 9.59 Å². The fourth-order valence-corrected chi connectivity index (χ4v) is 4.97. The van der Waals surface area contributed by atoms with Crippen molar-refractivity contribution in [1.82, 2.24) is 9.80 Å². The van der Waals surface area contributed by atoms with E-state index in [-0.39, 0.29) is 41.9 Å². The van der Waals surface area contributed by atoms with Crippen molar-refractivity contribution in [3.63, 3.8) is 0 Å². The van der Waals surface area contributed by atoms with Crippen molar-refractivity contribution >= 4 is 24.2 Å². The van der Waals surface area contributed by atoms with Crippen LogP contribution < -0.4 is 5.73 Å². The highest BCUT2D eigenvalue weighted by Gasteiger charge is 2.49. The zero-order valence-electron chi connectivity index (χ0n) is 15.7. The normalized spacial score (nSPS) is 29.4. The number of carbonyl (C=O) groups excluding carboxylic acids is 2. The van der Waals surface area contributed by atoms with Crippen molar-refractivity contribution in [3.05, 3.63) is 35.4 Å². The highest BCUT2D eigenvalue weighted by Crippen LogP contribution is 2.41. The average Bonchev–Trinajstić information content (AvgIpc) is 3.24. The summed E-state index contributed by atoms with van der Waals surface area (Å²) in [5.74, 6) is -1.94. The minimum absolute atomic E-state index is 0. The van der Waals surface area contributed by atoms with E-state index in [9.17, 15) is 18.4 Å². The molecule has 0 spiro atoms. The smallest absolute Gasteiger partial charge is 0.257 e. The molecule has 1 aromatic carbocycles. The third-order valence-electron chi connectivity index (χ3n) is 6.31. The van der Waals surface area contributed by atoms with Crippen molar-refractivity contribution < 1.29 is 18.4 Å². The van der Waals surface area contributed by atoms with Gasteiger partial charge in [0, 0.05) is 31.2 Å². The zero-order valence-corrected chi connectivity index (χ0v) is 16.5. The number of nitrogens with two attached hydrogens (primary N) is 1. The summed E-state index contributed by atoms with van der Waals surface area (Å²) >= 11 is 0. The molecule has 1 saturated carbocycles. The Bertz CT molecular complexity index is 763. The maximum atomic E-state index is 14.3. The van der Waals surface area contributed by atoms with Gasteiger partial charge in [0.05, 0.1) is 5.56 Å². The fourth-order valence-electron chi connectivity index (χ4n) is 4.97. The summed E-state index contributed by atoms with van der Waals surface area (Å²) in [7, 11) is 0. The SMILES string of the molecule is Cl.N[C@@H]1CCN(C(=O)C2CC3CCCCC3N2C(=O)c2ccc(F)cc2F)C1. The molecule has 2 heterocycles. The Kier molecular flexibility index (Phi) is 6.25. The molecule has 3 aliphatic rings. The van der Waals surface area contributed by atoms with Gasteiger partial charge in [0.1, 0.15) is 17.7 Å². The second kappa shape index (κ2) is 8.33. The lowest BCUT2D eigenvalue weighted by Gasteiger charge is -2.34. The van der Waals surface area contributed by atoms with E-state index in [1.807, 2.05) is 0 Å². The number of halogens is 3. The van der Waals surface area contributed by atoms with E-state index in [1.165, 1.54) is 6.07 Å². The predicted octanol–water partition coefficient (Wildman–Crippen LogP) is 2.72. The van der Waals surface area contributed by atoms with Gasteiger partial charge in [-0.1, -0.05) is 12.8 Å². The van der Waals surface area contributed by atoms with Gasteiger partial charge in [-0.15, -0.1) is 12.4 Å². The summed E-state index contributed by atoms with van der Waals surface area (Å²) < 4.78 is 27.5. The lowest BCUT2D eigenvalue weighted by molar-refractivity contribution is -0.134. The van der Waals surface area contributed by atoms with Crippen LogP contribution >= 0.6 is 12.4 Å². The molecular weight excluding hydrogens is 388 g/mol. The number of benzene rings is 1. The fraction of sp³-hybridized carbons (Fsp3) is 0.600. The second-order valence-corrected chi connectivity index (χ2v) is 8.03. The van der Waals surface area contributed by atoms with Crippen LogP contribution in [0, 0.1) is 17.6 Å². The van der Waals surface area contributed by atoms with E-state index in [4.69, 9.17) is 5.73 Å². The summed E-state index contributed by atoms with van der Waals surface area (Å²) in [5.41, 5.74) is 5.77. The van der Waals surface area contributed by atoms with Crippen molar-refractivity contribution in [1.29, 1.82) is 0 Å². The molecule has 0 radical (unpaired) electrons. The summed E-state index contributed by atoms with van der Waals surface area (Å²) in [6.07, 6.45) is 5.25. The Morgan fingerprint density at radius 3 is 2.54 bits per heavy atom. The molecular formula is C20H26ClF2N3O2. The van der Waals surface area contributed by atoms with E-state index in [0.717, 1.165) is 44.2 Å². The largest absolute Gasteiger partial charge is 0.339 e. The van der Waals surface area contributed by atoms with Gasteiger partial charge in [0.15, 0.2) is 0 Å². The van der Waals surface area contributed by atoms with E-state index < -0.39 is 23.6 Å². The Morgan fingerprint density at radius 1 is 1.11 bits per heavy atom. The maximum Gasteiger partial charge on any atom is 0.257 e. The number of rotatable bonds is 2. The molecule has 2 aliphatic heterocycles. The molecule has 28 heavy (non-hydrogen) atoms. The lowest BCUT2D eigenvalue weighted by Crippen LogP contribution is -2.50. The van der Waals surface area contributed by atoms with Crippen LogP contribution in [-0.2, 0) is 4.79 Å². The number of nitrogens with zero attached hydrogens (tertiary/aromatic N) is 2. The van der Waals surface area contributed by atoms with Crippen LogP contribution in [0.3, 0.4) is 0 Å². The Balaban J connectivity index is 0.00000225. The Hall–Kier alpha value is -1.73. The first-order valence-electron chi connectivity index (χ1n) is 9.78. The van der Waals surface area contributed by atoms with Gasteiger partial charge in [-0.25, -0.2) is 8.78 Å². The molecule has 2 saturated heterocycles. The first-order valence-corrected chi connectivity index (χ1v) is 9.78. The van der Waals surface area contributed by atoms with Gasteiger partial charge < -0.3 is 15.5 Å². The third kappa shape index (κ3) is 3.74. The molecule has 4 atom stereocenters. The maximum absolute atomic E-state index is 14.3. The zero-order chi connectivity index (χ0) is 19.1. The first-order chi connectivity index (χ1) is 13.0. The summed E-state index contributed by atoms with van der Waals surface area (Å²) in [5, 5.41) is 0. The summed E-state index contributed by atoms with van der Waals surface area (Å²) in [4.78, 5) is 29.7. The minimum atomic E-state index is -0.881. The molecule has 3 unspecified atom stereocenters. The molecule has 2 N–H and O–H groups in total. The van der Waals surface area contributed by atoms with Crippen LogP contribution in [0.15, 0.2) is 18.2 Å². The van der Waals surface area contributed by atoms with Gasteiger partial charge >= 0.3 is 0 Å². The highest BCUT2D eigenvalue weighted by atomic mass is 35.5. The summed E-state index contributed by atoms with van der Waals surface area (Å²) in [6.45, 7) is 1.09. The lowest BCUT2D eigenvalue weighted by atomic mass is 9.84. The van der Waals surface area contributed by atoms with E-state index in [2.05, 4.69) is 0 Å². The predicted molar refractivity (Wildman–Crippen MR) is 103 cm³/mol. The van der Waals surface area contributed by atoms with Crippen LogP contribution in [0.25, 0.3) is 0 Å². The van der Waals surface area contributed by atoms with Crippen molar-refractivity contribution in [2.45, 2.75) is 56.7 Å². The second-order valence-electron chi connectivity index (χ2n) is 8.03. The van der Waals surface area contributed by atoms with E-state index in [1.54, 1.807) is 9.80 Å². The number of likely N-dealkylation sites (tertiary alicyclic amines) is 2. The molecule has 0 aromatic heterocycles. The molecule has 3 fully saturated rings. The molecule has 5 nitrogen and oxygen atoms in total. The van der Waals surface area contributed by atoms with Gasteiger partial charge in [0.25, 0.3) is 5.91 Å². The monoisotopic (exact) mass is 413 g/mol. The van der Waals surface area contributed by atoms with Crippen molar-refractivity contribution in [2.75, 3.05) is 13.1 Å². The molecule has 0 bridgehead atoms. The molecule has 1 aliphatic carbocycles. The summed E-state index contributed by atoms with van der Waals surface area (Å²) in [6, 6.07) is 2.31. The highest BCUT2D eigenvalue weighted by molar-refractivity contribution is 5.98. The van der Waals surface area contributed by atoms with Crippen LogP contribution in [-0.4, -0.2) is 52.8 Å². The van der Waals surface area contributed by atoms with Crippen molar-refractivity contribution in [3.8, 4) is 0 Å². The number of carbonyl (C=O) groups is 2. The van der Waals surface area contributed by atoms with Crippen molar-refractivity contribution in [2.24, 2.45) is 11.7 Å². The Labute approximate surface area is 169 Å². The molecule has 8 heteroatoms. The van der Waals surface area contributed by atoms with Gasteiger partial charge in [-0.2, -0.15) is 0 Å². The number of hydrogen-bond acceptors (Lipinski definition) is 3. The van der Waals surface area contributed by atoms with Crippen LogP contribution in [0.5, 0.6) is 0 Å². The average molecular weight is 414 g/mol. The topological polar surface area (TPSA) is 66.6 Å². The van der Waals surface area contributed by atoms with Gasteiger partial charge in [0.2, 0.25) is 5.91 Å². The number of hydrogen-bond donors (Lipinski definition) is 1. The minimum Gasteiger partial charge on any atom is -0.339 e. The standard InChI is InChI=1S/C20H25F2N3O2.ClH/c21-13-5-6-15(16(22)10-13)19(26)25-17-4-2-1-3-12(17)9-18(25)20(27)24-8-7-14(23)11-24;/h5-6,10,12,14,17-18H,1-4,7-9,11,23H2;1H/t12?,14-,17?,18?;/m1./s1. The molecule has 1 aromatic rings. The molecule has 4 rings (SSSR count). The quantitative estimate of drug-likeness (QED) is 0.810. The molecule has 154 valence electrons. The van der Waals surface area contributed by atoms with Gasteiger partial charge in [-0.05, 0) is 43.7 Å². The van der Waals surface area contributed by atoms with Crippen LogP contribution in [0.2, 0.25) is 0 Å². The Morgan fingerprint density at radius 2 is 1.86 bits per heavy atom. The number of amides is 2. The third-order valence-corrected chi connectivity index (χ3v) is 6.31. The van der Waals surface area contributed by atoms with Crippen LogP contribution in [0.1, 0.15) is 48.9 Å². The van der Waals surface area contributed by atoms with E-state index in [0.29, 0.717) is 19.5 Å². The first kappa shape index (κ1) is 21.0. The number of fused-ring (bicyclic) bond motifs is 1. The molecule has 2 amide bonds.